The van der Waals surface area contributed by atoms with Gasteiger partial charge in [0.2, 0.25) is 0 Å². The normalized spacial score (nSPS) is 13.1. The van der Waals surface area contributed by atoms with Crippen LogP contribution in [0.3, 0.4) is 0 Å². The van der Waals surface area contributed by atoms with Crippen molar-refractivity contribution in [3.63, 3.8) is 0 Å². The Bertz CT molecular complexity index is 562. The molecule has 0 aliphatic rings. The summed E-state index contributed by atoms with van der Waals surface area (Å²) in [7, 11) is -2.97. The van der Waals surface area contributed by atoms with Crippen molar-refractivity contribution in [1.29, 1.82) is 0 Å². The molecule has 5 nitrogen and oxygen atoms in total. The van der Waals surface area contributed by atoms with Gasteiger partial charge in [0, 0.05) is 18.8 Å². The average molecular weight is 453 g/mol. The fraction of sp³-hybridized carbons (Fsp3) is 0.562. The van der Waals surface area contributed by atoms with Crippen molar-refractivity contribution < 1.29 is 8.42 Å². The van der Waals surface area contributed by atoms with Crippen LogP contribution in [0.2, 0.25) is 0 Å². The van der Waals surface area contributed by atoms with Gasteiger partial charge in [-0.05, 0) is 32.3 Å². The lowest BCUT2D eigenvalue weighted by Crippen LogP contribution is -2.42. The van der Waals surface area contributed by atoms with E-state index in [0.29, 0.717) is 5.96 Å². The number of nitrogens with zero attached hydrogens (tertiary/aromatic N) is 1. The number of aliphatic imine (C=N–C) groups is 1. The molecule has 1 unspecified atom stereocenters. The molecule has 132 valence electrons. The third-order valence-electron chi connectivity index (χ3n) is 3.17. The van der Waals surface area contributed by atoms with Crippen LogP contribution in [0.1, 0.15) is 25.8 Å². The van der Waals surface area contributed by atoms with Crippen LogP contribution in [-0.4, -0.2) is 45.5 Å². The van der Waals surface area contributed by atoms with Gasteiger partial charge in [0.25, 0.3) is 0 Å². The molecule has 1 atom stereocenters. The van der Waals surface area contributed by atoms with E-state index < -0.39 is 9.84 Å². The molecule has 0 saturated heterocycles. The van der Waals surface area contributed by atoms with Gasteiger partial charge in [-0.2, -0.15) is 0 Å². The first-order valence-corrected chi connectivity index (χ1v) is 9.73. The maximum atomic E-state index is 11.1. The maximum Gasteiger partial charge on any atom is 0.191 e. The lowest BCUT2D eigenvalue weighted by Gasteiger charge is -2.17. The molecule has 2 N–H and O–H groups in total. The van der Waals surface area contributed by atoms with E-state index in [1.54, 1.807) is 0 Å². The molecule has 1 rings (SSSR count). The molecule has 0 radical (unpaired) electrons. The highest BCUT2D eigenvalue weighted by molar-refractivity contribution is 14.0. The first-order chi connectivity index (χ1) is 10.4. The summed E-state index contributed by atoms with van der Waals surface area (Å²) in [5.41, 5.74) is 1.31. The van der Waals surface area contributed by atoms with Gasteiger partial charge in [0.05, 0.1) is 12.3 Å². The maximum absolute atomic E-state index is 11.1. The second kappa shape index (κ2) is 11.7. The van der Waals surface area contributed by atoms with Crippen molar-refractivity contribution in [3.8, 4) is 0 Å². The lowest BCUT2D eigenvalue weighted by molar-refractivity contribution is 0.592. The summed E-state index contributed by atoms with van der Waals surface area (Å²) in [4.78, 5) is 4.31. The van der Waals surface area contributed by atoms with Crippen LogP contribution in [0, 0.1) is 0 Å². The highest BCUT2D eigenvalue weighted by atomic mass is 127. The number of hydrogen-bond acceptors (Lipinski definition) is 3. The summed E-state index contributed by atoms with van der Waals surface area (Å²) in [5.74, 6) is 0.744. The van der Waals surface area contributed by atoms with E-state index >= 15 is 0 Å². The molecular weight excluding hydrogens is 425 g/mol. The van der Waals surface area contributed by atoms with Gasteiger partial charge in [-0.3, -0.25) is 4.99 Å². The Balaban J connectivity index is 0.00000484. The highest BCUT2D eigenvalue weighted by Gasteiger charge is 2.06. The zero-order chi connectivity index (χ0) is 16.4. The van der Waals surface area contributed by atoms with Crippen molar-refractivity contribution in [2.24, 2.45) is 4.99 Å². The molecule has 1 aromatic rings. The highest BCUT2D eigenvalue weighted by Crippen LogP contribution is 2.04. The van der Waals surface area contributed by atoms with E-state index in [0.717, 1.165) is 19.4 Å². The zero-order valence-corrected chi connectivity index (χ0v) is 17.2. The van der Waals surface area contributed by atoms with E-state index in [4.69, 9.17) is 0 Å². The van der Waals surface area contributed by atoms with Crippen LogP contribution < -0.4 is 10.6 Å². The zero-order valence-electron chi connectivity index (χ0n) is 14.1. The van der Waals surface area contributed by atoms with E-state index in [1.807, 2.05) is 25.1 Å². The molecule has 0 heterocycles. The molecule has 0 amide bonds. The predicted octanol–water partition coefficient (Wildman–Crippen LogP) is 2.23. The Kier molecular flexibility index (Phi) is 11.2. The molecular formula is C16H28IN3O2S. The number of halogens is 1. The summed E-state index contributed by atoms with van der Waals surface area (Å²) in [6.07, 6.45) is 3.21. The molecule has 0 bridgehead atoms. The largest absolute Gasteiger partial charge is 0.357 e. The van der Waals surface area contributed by atoms with Gasteiger partial charge in [-0.1, -0.05) is 30.3 Å². The Hall–Kier alpha value is -0.830. The summed E-state index contributed by atoms with van der Waals surface area (Å²) in [6.45, 7) is 5.12. The quantitative estimate of drug-likeness (QED) is 0.360. The summed E-state index contributed by atoms with van der Waals surface area (Å²) < 4.78 is 22.3. The molecule has 1 aromatic carbocycles. The average Bonchev–Trinajstić information content (AvgIpc) is 2.45. The minimum atomic E-state index is -2.97. The molecule has 0 aliphatic carbocycles. The van der Waals surface area contributed by atoms with Crippen LogP contribution in [0.25, 0.3) is 0 Å². The summed E-state index contributed by atoms with van der Waals surface area (Å²) in [5, 5.41) is 6.46. The second-order valence-corrected chi connectivity index (χ2v) is 7.72. The molecule has 0 saturated carbocycles. The first-order valence-electron chi connectivity index (χ1n) is 7.67. The molecule has 0 aliphatic heterocycles. The van der Waals surface area contributed by atoms with Crippen molar-refractivity contribution in [2.75, 3.05) is 25.1 Å². The van der Waals surface area contributed by atoms with E-state index in [9.17, 15) is 8.42 Å². The van der Waals surface area contributed by atoms with Crippen LogP contribution in [0.15, 0.2) is 35.3 Å². The fourth-order valence-corrected chi connectivity index (χ4v) is 2.40. The number of hydrogen-bond donors (Lipinski definition) is 2. The molecule has 0 spiro atoms. The minimum Gasteiger partial charge on any atom is -0.357 e. The van der Waals surface area contributed by atoms with E-state index in [2.05, 4.69) is 34.7 Å². The molecule has 0 fully saturated rings. The monoisotopic (exact) mass is 453 g/mol. The van der Waals surface area contributed by atoms with Crippen LogP contribution in [0.5, 0.6) is 0 Å². The van der Waals surface area contributed by atoms with Crippen molar-refractivity contribution >= 4 is 39.8 Å². The van der Waals surface area contributed by atoms with Gasteiger partial charge in [0.1, 0.15) is 9.84 Å². The van der Waals surface area contributed by atoms with Crippen molar-refractivity contribution in [2.45, 2.75) is 32.7 Å². The number of nitrogens with one attached hydrogen (secondary N) is 2. The molecule has 23 heavy (non-hydrogen) atoms. The smallest absolute Gasteiger partial charge is 0.191 e. The topological polar surface area (TPSA) is 70.6 Å². The molecule has 7 heteroatoms. The first kappa shape index (κ1) is 22.2. The van der Waals surface area contributed by atoms with Crippen LogP contribution in [0.4, 0.5) is 0 Å². The van der Waals surface area contributed by atoms with Gasteiger partial charge >= 0.3 is 0 Å². The number of benzene rings is 1. The lowest BCUT2D eigenvalue weighted by atomic mass is 10.1. The van der Waals surface area contributed by atoms with Gasteiger partial charge in [-0.15, -0.1) is 24.0 Å². The Labute approximate surface area is 157 Å². The number of sulfone groups is 1. The third kappa shape index (κ3) is 11.4. The predicted molar refractivity (Wildman–Crippen MR) is 108 cm³/mol. The Morgan fingerprint density at radius 2 is 1.91 bits per heavy atom. The van der Waals surface area contributed by atoms with Crippen LogP contribution >= 0.6 is 24.0 Å². The molecule has 0 aromatic heterocycles. The van der Waals surface area contributed by atoms with Gasteiger partial charge in [0.15, 0.2) is 5.96 Å². The Morgan fingerprint density at radius 1 is 1.26 bits per heavy atom. The minimum absolute atomic E-state index is 0. The number of rotatable bonds is 8. The third-order valence-corrected chi connectivity index (χ3v) is 4.09. The standard InChI is InChI=1S/C16H27N3O2S.HI/c1-4-17-16(18-12-13-22(3,20)21)19-14(2)10-11-15-8-6-5-7-9-15;/h5-9,14H,4,10-13H2,1-3H3,(H2,17,18,19);1H. The van der Waals surface area contributed by atoms with Gasteiger partial charge in [-0.25, -0.2) is 8.42 Å². The van der Waals surface area contributed by atoms with E-state index in [-0.39, 0.29) is 42.3 Å². The van der Waals surface area contributed by atoms with Crippen LogP contribution in [-0.2, 0) is 16.3 Å². The summed E-state index contributed by atoms with van der Waals surface area (Å²) in [6, 6.07) is 10.6. The van der Waals surface area contributed by atoms with Crippen molar-refractivity contribution in [3.05, 3.63) is 35.9 Å². The SMILES string of the molecule is CCNC(=NCCS(C)(=O)=O)NC(C)CCc1ccccc1.I. The fourth-order valence-electron chi connectivity index (χ4n) is 1.98. The van der Waals surface area contributed by atoms with E-state index in [1.165, 1.54) is 11.8 Å². The van der Waals surface area contributed by atoms with Crippen molar-refractivity contribution in [1.82, 2.24) is 10.6 Å². The number of aryl methyl sites for hydroxylation is 1. The Morgan fingerprint density at radius 3 is 2.48 bits per heavy atom. The van der Waals surface area contributed by atoms with Gasteiger partial charge < -0.3 is 10.6 Å². The summed E-state index contributed by atoms with van der Waals surface area (Å²) >= 11 is 0. The number of guanidine groups is 1. The second-order valence-electron chi connectivity index (χ2n) is 5.46.